The van der Waals surface area contributed by atoms with Crippen LogP contribution in [0.15, 0.2) is 23.8 Å². The van der Waals surface area contributed by atoms with Crippen molar-refractivity contribution in [1.29, 1.82) is 0 Å². The molecule has 2 heteroatoms. The second kappa shape index (κ2) is 11.3. The molecule has 0 atom stereocenters. The minimum atomic E-state index is -0.735. The van der Waals surface area contributed by atoms with Gasteiger partial charge in [-0.2, -0.15) is 0 Å². The van der Waals surface area contributed by atoms with Crippen LogP contribution in [0.4, 0.5) is 8.78 Å². The zero-order valence-electron chi connectivity index (χ0n) is 9.03. The molecule has 0 aromatic carbocycles. The highest BCUT2D eigenvalue weighted by atomic mass is 19.2. The number of rotatable bonds is 4. The molecule has 78 valence electrons. The SMILES string of the molecule is CC.CCC/C=C\C(F)=C(\F)CC. The van der Waals surface area contributed by atoms with Crippen LogP contribution in [0.3, 0.4) is 0 Å². The molecule has 0 spiro atoms. The summed E-state index contributed by atoms with van der Waals surface area (Å²) < 4.78 is 24.9. The maximum Gasteiger partial charge on any atom is 0.154 e. The van der Waals surface area contributed by atoms with Crippen molar-refractivity contribution < 1.29 is 8.78 Å². The van der Waals surface area contributed by atoms with E-state index in [1.54, 1.807) is 13.0 Å². The summed E-state index contributed by atoms with van der Waals surface area (Å²) in [5.74, 6) is -1.40. The molecular weight excluding hydrogens is 170 g/mol. The van der Waals surface area contributed by atoms with Crippen molar-refractivity contribution in [3.8, 4) is 0 Å². The normalized spacial score (nSPS) is 12.2. The molecule has 0 saturated heterocycles. The highest BCUT2D eigenvalue weighted by molar-refractivity contribution is 5.14. The Hall–Kier alpha value is -0.660. The van der Waals surface area contributed by atoms with Crippen molar-refractivity contribution in [2.75, 3.05) is 0 Å². The van der Waals surface area contributed by atoms with Gasteiger partial charge in [0.1, 0.15) is 5.83 Å². The van der Waals surface area contributed by atoms with E-state index in [1.165, 1.54) is 6.08 Å². The van der Waals surface area contributed by atoms with Gasteiger partial charge in [0.2, 0.25) is 0 Å². The molecule has 0 rings (SSSR count). The minimum Gasteiger partial charge on any atom is -0.209 e. The summed E-state index contributed by atoms with van der Waals surface area (Å²) in [4.78, 5) is 0. The Morgan fingerprint density at radius 2 is 1.69 bits per heavy atom. The first-order valence-corrected chi connectivity index (χ1v) is 4.93. The van der Waals surface area contributed by atoms with Crippen LogP contribution in [0.2, 0.25) is 0 Å². The number of allylic oxidation sites excluding steroid dienone is 4. The number of unbranched alkanes of at least 4 members (excludes halogenated alkanes) is 1. The molecule has 0 fully saturated rings. The van der Waals surface area contributed by atoms with Crippen LogP contribution in [0.1, 0.15) is 47.0 Å². The maximum atomic E-state index is 12.5. The van der Waals surface area contributed by atoms with Gasteiger partial charge in [-0.1, -0.05) is 40.2 Å². The molecule has 0 saturated carbocycles. The van der Waals surface area contributed by atoms with Gasteiger partial charge in [0.05, 0.1) is 0 Å². The van der Waals surface area contributed by atoms with E-state index in [0.717, 1.165) is 12.8 Å². The summed E-state index contributed by atoms with van der Waals surface area (Å²) >= 11 is 0. The molecular formula is C11H20F2. The lowest BCUT2D eigenvalue weighted by Crippen LogP contribution is -1.74. The van der Waals surface area contributed by atoms with Gasteiger partial charge in [-0.25, -0.2) is 8.78 Å². The molecule has 0 heterocycles. The number of hydrogen-bond acceptors (Lipinski definition) is 0. The summed E-state index contributed by atoms with van der Waals surface area (Å²) in [7, 11) is 0. The van der Waals surface area contributed by atoms with Crippen LogP contribution in [0, 0.1) is 0 Å². The number of halogens is 2. The average Bonchev–Trinajstić information content (AvgIpc) is 2.20. The molecule has 0 aliphatic heterocycles. The predicted octanol–water partition coefficient (Wildman–Crippen LogP) is 4.93. The second-order valence-corrected chi connectivity index (χ2v) is 2.30. The Kier molecular flexibility index (Phi) is 12.9. The summed E-state index contributed by atoms with van der Waals surface area (Å²) in [6, 6.07) is 0. The highest BCUT2D eigenvalue weighted by Crippen LogP contribution is 2.12. The van der Waals surface area contributed by atoms with E-state index in [1.807, 2.05) is 20.8 Å². The van der Waals surface area contributed by atoms with Crippen molar-refractivity contribution >= 4 is 0 Å². The lowest BCUT2D eigenvalue weighted by atomic mass is 10.3. The third kappa shape index (κ3) is 9.25. The second-order valence-electron chi connectivity index (χ2n) is 2.30. The van der Waals surface area contributed by atoms with Gasteiger partial charge in [-0.15, -0.1) is 0 Å². The lowest BCUT2D eigenvalue weighted by molar-refractivity contribution is 0.532. The van der Waals surface area contributed by atoms with Crippen LogP contribution >= 0.6 is 0 Å². The van der Waals surface area contributed by atoms with Gasteiger partial charge in [0.15, 0.2) is 5.83 Å². The van der Waals surface area contributed by atoms with Gasteiger partial charge < -0.3 is 0 Å². The zero-order chi connectivity index (χ0) is 10.7. The molecule has 13 heavy (non-hydrogen) atoms. The third-order valence-electron chi connectivity index (χ3n) is 1.29. The van der Waals surface area contributed by atoms with E-state index in [-0.39, 0.29) is 6.42 Å². The van der Waals surface area contributed by atoms with Gasteiger partial charge in [-0.05, 0) is 18.9 Å². The molecule has 0 bridgehead atoms. The van der Waals surface area contributed by atoms with E-state index >= 15 is 0 Å². The molecule has 0 radical (unpaired) electrons. The first-order chi connectivity index (χ1) is 6.22. The topological polar surface area (TPSA) is 0 Å². The van der Waals surface area contributed by atoms with Gasteiger partial charge in [0.25, 0.3) is 0 Å². The zero-order valence-corrected chi connectivity index (χ0v) is 9.03. The van der Waals surface area contributed by atoms with Crippen molar-refractivity contribution in [1.82, 2.24) is 0 Å². The molecule has 0 N–H and O–H groups in total. The Morgan fingerprint density at radius 1 is 1.15 bits per heavy atom. The van der Waals surface area contributed by atoms with Crippen LogP contribution < -0.4 is 0 Å². The smallest absolute Gasteiger partial charge is 0.154 e. The fourth-order valence-corrected chi connectivity index (χ4v) is 0.613. The van der Waals surface area contributed by atoms with E-state index in [2.05, 4.69) is 0 Å². The third-order valence-corrected chi connectivity index (χ3v) is 1.29. The van der Waals surface area contributed by atoms with Crippen molar-refractivity contribution in [2.45, 2.75) is 47.0 Å². The summed E-state index contributed by atoms with van der Waals surface area (Å²) in [6.45, 7) is 7.57. The fourth-order valence-electron chi connectivity index (χ4n) is 0.613. The quantitative estimate of drug-likeness (QED) is 0.551. The van der Waals surface area contributed by atoms with Crippen molar-refractivity contribution in [3.05, 3.63) is 23.8 Å². The fraction of sp³-hybridized carbons (Fsp3) is 0.636. The summed E-state index contributed by atoms with van der Waals surface area (Å²) in [6.07, 6.45) is 4.72. The molecule has 0 aromatic rings. The van der Waals surface area contributed by atoms with Gasteiger partial charge in [-0.3, -0.25) is 0 Å². The van der Waals surface area contributed by atoms with Crippen molar-refractivity contribution in [3.63, 3.8) is 0 Å². The molecule has 0 unspecified atom stereocenters. The molecule has 0 amide bonds. The monoisotopic (exact) mass is 190 g/mol. The van der Waals surface area contributed by atoms with Crippen LogP contribution in [-0.4, -0.2) is 0 Å². The Morgan fingerprint density at radius 3 is 2.08 bits per heavy atom. The largest absolute Gasteiger partial charge is 0.209 e. The molecule has 0 aliphatic rings. The Bertz CT molecular complexity index is 157. The van der Waals surface area contributed by atoms with Crippen LogP contribution in [-0.2, 0) is 0 Å². The Labute approximate surface area is 80.3 Å². The van der Waals surface area contributed by atoms with Gasteiger partial charge in [0, 0.05) is 0 Å². The van der Waals surface area contributed by atoms with E-state index in [4.69, 9.17) is 0 Å². The van der Waals surface area contributed by atoms with E-state index in [9.17, 15) is 8.78 Å². The van der Waals surface area contributed by atoms with Crippen LogP contribution in [0.5, 0.6) is 0 Å². The minimum absolute atomic E-state index is 0.127. The first-order valence-electron chi connectivity index (χ1n) is 4.93. The first kappa shape index (κ1) is 14.8. The molecule has 0 nitrogen and oxygen atoms in total. The van der Waals surface area contributed by atoms with E-state index < -0.39 is 11.7 Å². The molecule has 0 aromatic heterocycles. The van der Waals surface area contributed by atoms with E-state index in [0.29, 0.717) is 0 Å². The van der Waals surface area contributed by atoms with Gasteiger partial charge >= 0.3 is 0 Å². The Balaban J connectivity index is 0. The lowest BCUT2D eigenvalue weighted by Gasteiger charge is -1.90. The maximum absolute atomic E-state index is 12.5. The number of hydrogen-bond donors (Lipinski definition) is 0. The summed E-state index contributed by atoms with van der Waals surface area (Å²) in [5, 5.41) is 0. The van der Waals surface area contributed by atoms with Crippen molar-refractivity contribution in [2.24, 2.45) is 0 Å². The highest BCUT2D eigenvalue weighted by Gasteiger charge is 1.97. The summed E-state index contributed by atoms with van der Waals surface area (Å²) in [5.41, 5.74) is 0. The predicted molar refractivity (Wildman–Crippen MR) is 54.9 cm³/mol. The average molecular weight is 190 g/mol. The van der Waals surface area contributed by atoms with Crippen LogP contribution in [0.25, 0.3) is 0 Å². The standard InChI is InChI=1S/C9H14F2.C2H6/c1-3-5-6-7-9(11)8(10)4-2;1-2/h6-7H,3-5H2,1-2H3;1-2H3/b7-6-,9-8-;. The molecule has 0 aliphatic carbocycles.